The quantitative estimate of drug-likeness (QED) is 0.797. The maximum Gasteiger partial charge on any atom is 0.254 e. The Balaban J connectivity index is 0.000000514. The van der Waals surface area contributed by atoms with Gasteiger partial charge in [-0.15, -0.1) is 0 Å². The number of nitrogen functional groups attached to an aromatic ring is 1. The molecule has 0 spiro atoms. The minimum Gasteiger partial charge on any atom is -0.399 e. The van der Waals surface area contributed by atoms with Crippen LogP contribution in [0.3, 0.4) is 0 Å². The number of rotatable bonds is 2. The van der Waals surface area contributed by atoms with Crippen LogP contribution in [0.15, 0.2) is 18.2 Å². The normalized spacial score (nSPS) is 17.5. The number of nitrogens with two attached hydrogens (primary N) is 1. The molecule has 0 unspecified atom stereocenters. The predicted octanol–water partition coefficient (Wildman–Crippen LogP) is 2.66. The summed E-state index contributed by atoms with van der Waals surface area (Å²) in [7, 11) is 0. The molecular weight excluding hydrogens is 212 g/mol. The van der Waals surface area contributed by atoms with Gasteiger partial charge in [0.1, 0.15) is 0 Å². The lowest BCUT2D eigenvalue weighted by Gasteiger charge is -2.14. The van der Waals surface area contributed by atoms with Crippen LogP contribution in [0.4, 0.5) is 5.69 Å². The van der Waals surface area contributed by atoms with Gasteiger partial charge in [0.15, 0.2) is 0 Å². The number of nitrogens with zero attached hydrogens (tertiary/aromatic N) is 1. The molecule has 1 heterocycles. The molecule has 1 aromatic rings. The third-order valence-corrected chi connectivity index (χ3v) is 3.18. The van der Waals surface area contributed by atoms with E-state index in [2.05, 4.69) is 0 Å². The lowest BCUT2D eigenvalue weighted by Crippen LogP contribution is -2.26. The summed E-state index contributed by atoms with van der Waals surface area (Å²) in [6.07, 6.45) is 2.56. The van der Waals surface area contributed by atoms with Crippen molar-refractivity contribution in [3.8, 4) is 0 Å². The molecule has 0 saturated heterocycles. The Morgan fingerprint density at radius 3 is 2.71 bits per heavy atom. The summed E-state index contributed by atoms with van der Waals surface area (Å²) in [4.78, 5) is 13.9. The van der Waals surface area contributed by atoms with Crippen molar-refractivity contribution in [2.45, 2.75) is 33.2 Å². The average molecular weight is 232 g/mol. The standard InChI is InChI=1S/C12H14N2O.C2H6/c13-10-3-4-11-9(5-10)7-14(12(11)15)6-8-1-2-8;1-2/h3-5,8H,1-2,6-7,13H2;1-2H3. The van der Waals surface area contributed by atoms with E-state index in [0.717, 1.165) is 35.8 Å². The average Bonchev–Trinajstić information content (AvgIpc) is 3.09. The highest BCUT2D eigenvalue weighted by Crippen LogP contribution is 2.33. The highest BCUT2D eigenvalue weighted by atomic mass is 16.2. The molecule has 0 atom stereocenters. The molecule has 17 heavy (non-hydrogen) atoms. The van der Waals surface area contributed by atoms with Crippen molar-refractivity contribution in [2.75, 3.05) is 12.3 Å². The van der Waals surface area contributed by atoms with Gasteiger partial charge < -0.3 is 10.6 Å². The van der Waals surface area contributed by atoms with Crippen molar-refractivity contribution in [1.29, 1.82) is 0 Å². The van der Waals surface area contributed by atoms with E-state index in [4.69, 9.17) is 5.73 Å². The lowest BCUT2D eigenvalue weighted by molar-refractivity contribution is 0.0771. The molecule has 0 aromatic heterocycles. The van der Waals surface area contributed by atoms with Crippen molar-refractivity contribution in [2.24, 2.45) is 5.92 Å². The van der Waals surface area contributed by atoms with E-state index in [-0.39, 0.29) is 5.91 Å². The van der Waals surface area contributed by atoms with Gasteiger partial charge in [-0.25, -0.2) is 0 Å². The summed E-state index contributed by atoms with van der Waals surface area (Å²) < 4.78 is 0. The van der Waals surface area contributed by atoms with Crippen molar-refractivity contribution in [3.05, 3.63) is 29.3 Å². The molecule has 1 amide bonds. The molecule has 1 aliphatic heterocycles. The molecule has 0 radical (unpaired) electrons. The second-order valence-corrected chi connectivity index (χ2v) is 4.55. The van der Waals surface area contributed by atoms with E-state index in [0.29, 0.717) is 0 Å². The number of hydrogen-bond donors (Lipinski definition) is 1. The highest BCUT2D eigenvalue weighted by Gasteiger charge is 2.32. The van der Waals surface area contributed by atoms with Crippen LogP contribution in [0, 0.1) is 5.92 Å². The van der Waals surface area contributed by atoms with Crippen LogP contribution in [0.2, 0.25) is 0 Å². The molecule has 3 nitrogen and oxygen atoms in total. The SMILES string of the molecule is CC.Nc1ccc2c(c1)CN(CC1CC1)C2=O. The fourth-order valence-electron chi connectivity index (χ4n) is 2.16. The Morgan fingerprint density at radius 1 is 1.35 bits per heavy atom. The number of hydrogen-bond acceptors (Lipinski definition) is 2. The summed E-state index contributed by atoms with van der Waals surface area (Å²) >= 11 is 0. The number of fused-ring (bicyclic) bond motifs is 1. The number of anilines is 1. The maximum atomic E-state index is 12.0. The Bertz CT molecular complexity index is 424. The molecule has 2 aliphatic rings. The van der Waals surface area contributed by atoms with Crippen LogP contribution in [0.1, 0.15) is 42.6 Å². The van der Waals surface area contributed by atoms with Crippen LogP contribution >= 0.6 is 0 Å². The first-order valence-electron chi connectivity index (χ1n) is 6.42. The summed E-state index contributed by atoms with van der Waals surface area (Å²) in [5, 5.41) is 0. The fraction of sp³-hybridized carbons (Fsp3) is 0.500. The van der Waals surface area contributed by atoms with Crippen molar-refractivity contribution >= 4 is 11.6 Å². The molecule has 0 bridgehead atoms. The van der Waals surface area contributed by atoms with E-state index < -0.39 is 0 Å². The minimum absolute atomic E-state index is 0.178. The lowest BCUT2D eigenvalue weighted by atomic mass is 10.1. The summed E-state index contributed by atoms with van der Waals surface area (Å²) in [5.41, 5.74) is 8.37. The second kappa shape index (κ2) is 4.78. The smallest absolute Gasteiger partial charge is 0.254 e. The van der Waals surface area contributed by atoms with Gasteiger partial charge in [-0.2, -0.15) is 0 Å². The third-order valence-electron chi connectivity index (χ3n) is 3.18. The van der Waals surface area contributed by atoms with Crippen LogP contribution in [0.25, 0.3) is 0 Å². The first-order valence-corrected chi connectivity index (χ1v) is 6.42. The largest absolute Gasteiger partial charge is 0.399 e. The van der Waals surface area contributed by atoms with Gasteiger partial charge in [0.25, 0.3) is 5.91 Å². The first-order chi connectivity index (χ1) is 8.24. The summed E-state index contributed by atoms with van der Waals surface area (Å²) in [6, 6.07) is 5.57. The topological polar surface area (TPSA) is 46.3 Å². The van der Waals surface area contributed by atoms with Gasteiger partial charge in [0.2, 0.25) is 0 Å². The summed E-state index contributed by atoms with van der Waals surface area (Å²) in [5.74, 6) is 0.928. The Labute approximate surface area is 103 Å². The third kappa shape index (κ3) is 2.43. The van der Waals surface area contributed by atoms with E-state index in [1.807, 2.05) is 30.9 Å². The van der Waals surface area contributed by atoms with E-state index in [1.165, 1.54) is 12.8 Å². The molecule has 1 aliphatic carbocycles. The zero-order chi connectivity index (χ0) is 12.4. The van der Waals surface area contributed by atoms with Crippen LogP contribution in [-0.2, 0) is 6.54 Å². The van der Waals surface area contributed by atoms with Crippen molar-refractivity contribution < 1.29 is 4.79 Å². The molecular formula is C14H20N2O. The molecule has 1 saturated carbocycles. The Morgan fingerprint density at radius 2 is 2.06 bits per heavy atom. The molecule has 1 aromatic carbocycles. The Hall–Kier alpha value is -1.51. The number of carbonyl (C=O) groups is 1. The monoisotopic (exact) mass is 232 g/mol. The van der Waals surface area contributed by atoms with Gasteiger partial charge in [0.05, 0.1) is 0 Å². The number of benzene rings is 1. The minimum atomic E-state index is 0.178. The zero-order valence-corrected chi connectivity index (χ0v) is 10.6. The van der Waals surface area contributed by atoms with Crippen molar-refractivity contribution in [3.63, 3.8) is 0 Å². The first kappa shape index (κ1) is 12.0. The number of amides is 1. The number of carbonyl (C=O) groups excluding carboxylic acids is 1. The van der Waals surface area contributed by atoms with E-state index in [9.17, 15) is 4.79 Å². The van der Waals surface area contributed by atoms with Crippen LogP contribution < -0.4 is 5.73 Å². The fourth-order valence-corrected chi connectivity index (χ4v) is 2.16. The van der Waals surface area contributed by atoms with Crippen LogP contribution in [-0.4, -0.2) is 17.4 Å². The molecule has 92 valence electrons. The van der Waals surface area contributed by atoms with E-state index in [1.54, 1.807) is 6.07 Å². The van der Waals surface area contributed by atoms with Gasteiger partial charge in [0, 0.05) is 24.3 Å². The molecule has 1 fully saturated rings. The van der Waals surface area contributed by atoms with Gasteiger partial charge in [-0.05, 0) is 42.5 Å². The van der Waals surface area contributed by atoms with Crippen LogP contribution in [0.5, 0.6) is 0 Å². The highest BCUT2D eigenvalue weighted by molar-refractivity contribution is 5.98. The van der Waals surface area contributed by atoms with Gasteiger partial charge in [-0.3, -0.25) is 4.79 Å². The Kier molecular flexibility index (Phi) is 3.36. The van der Waals surface area contributed by atoms with Gasteiger partial charge in [-0.1, -0.05) is 13.8 Å². The molecule has 3 rings (SSSR count). The molecule has 3 heteroatoms. The summed E-state index contributed by atoms with van der Waals surface area (Å²) in [6.45, 7) is 5.67. The van der Waals surface area contributed by atoms with E-state index >= 15 is 0 Å². The molecule has 2 N–H and O–H groups in total. The van der Waals surface area contributed by atoms with Crippen molar-refractivity contribution in [1.82, 2.24) is 4.90 Å². The van der Waals surface area contributed by atoms with Gasteiger partial charge >= 0.3 is 0 Å². The predicted molar refractivity (Wildman–Crippen MR) is 69.7 cm³/mol. The zero-order valence-electron chi connectivity index (χ0n) is 10.6. The second-order valence-electron chi connectivity index (χ2n) is 4.55. The maximum absolute atomic E-state index is 12.0.